The fourth-order valence-electron chi connectivity index (χ4n) is 3.78. The van der Waals surface area contributed by atoms with Gasteiger partial charge in [-0.05, 0) is 28.8 Å². The molecule has 0 spiro atoms. The zero-order valence-corrected chi connectivity index (χ0v) is 22.1. The van der Waals surface area contributed by atoms with Crippen LogP contribution in [0.15, 0.2) is 84.9 Å². The van der Waals surface area contributed by atoms with Crippen LogP contribution in [0.3, 0.4) is 0 Å². The van der Waals surface area contributed by atoms with Crippen molar-refractivity contribution in [3.8, 4) is 5.75 Å². The van der Waals surface area contributed by atoms with Gasteiger partial charge in [0.1, 0.15) is 11.8 Å². The normalized spacial score (nSPS) is 12.1. The Kier molecular flexibility index (Phi) is 9.82. The minimum atomic E-state index is -3.59. The van der Waals surface area contributed by atoms with Crippen molar-refractivity contribution >= 4 is 21.8 Å². The van der Waals surface area contributed by atoms with E-state index in [0.717, 1.165) is 27.3 Å². The summed E-state index contributed by atoms with van der Waals surface area (Å²) in [4.78, 5) is 28.6. The van der Waals surface area contributed by atoms with Crippen molar-refractivity contribution in [2.45, 2.75) is 25.6 Å². The van der Waals surface area contributed by atoms with E-state index in [4.69, 9.17) is 4.74 Å². The number of ether oxygens (including phenoxy) is 1. The molecule has 196 valence electrons. The summed E-state index contributed by atoms with van der Waals surface area (Å²) in [5, 5.41) is 2.96. The van der Waals surface area contributed by atoms with Crippen molar-refractivity contribution in [3.05, 3.63) is 102 Å². The summed E-state index contributed by atoms with van der Waals surface area (Å²) in [5.74, 6) is -0.0741. The van der Waals surface area contributed by atoms with E-state index in [1.165, 1.54) is 11.9 Å². The topological polar surface area (TPSA) is 96.0 Å². The van der Waals surface area contributed by atoms with Gasteiger partial charge in [0.2, 0.25) is 21.8 Å². The van der Waals surface area contributed by atoms with Crippen molar-refractivity contribution in [3.63, 3.8) is 0 Å². The SMILES string of the molecule is COc1ccc(CNC(=O)C(Cc2ccccc2)N(Cc2ccccc2)C(=O)CN(C)S(C)(=O)=O)cc1. The zero-order valence-electron chi connectivity index (χ0n) is 21.3. The largest absolute Gasteiger partial charge is 0.497 e. The lowest BCUT2D eigenvalue weighted by molar-refractivity contribution is -0.141. The number of carbonyl (C=O) groups is 2. The minimum absolute atomic E-state index is 0.157. The Hall–Kier alpha value is -3.69. The van der Waals surface area contributed by atoms with E-state index in [-0.39, 0.29) is 32.0 Å². The molecule has 37 heavy (non-hydrogen) atoms. The number of nitrogens with zero attached hydrogens (tertiary/aromatic N) is 2. The second kappa shape index (κ2) is 13.0. The van der Waals surface area contributed by atoms with Crippen LogP contribution in [0.5, 0.6) is 5.75 Å². The number of hydrogen-bond acceptors (Lipinski definition) is 5. The number of carbonyl (C=O) groups excluding carboxylic acids is 2. The summed E-state index contributed by atoms with van der Waals surface area (Å²) in [6.07, 6.45) is 1.32. The Bertz CT molecular complexity index is 1270. The Morgan fingerprint density at radius 3 is 1.97 bits per heavy atom. The third kappa shape index (κ3) is 8.44. The van der Waals surface area contributed by atoms with Crippen molar-refractivity contribution < 1.29 is 22.7 Å². The lowest BCUT2D eigenvalue weighted by Crippen LogP contribution is -2.52. The maximum Gasteiger partial charge on any atom is 0.243 e. The molecule has 3 rings (SSSR count). The molecule has 1 atom stereocenters. The monoisotopic (exact) mass is 523 g/mol. The van der Waals surface area contributed by atoms with E-state index < -0.39 is 22.0 Å². The van der Waals surface area contributed by atoms with Gasteiger partial charge < -0.3 is 15.0 Å². The second-order valence-electron chi connectivity index (χ2n) is 8.80. The molecule has 0 saturated carbocycles. The van der Waals surface area contributed by atoms with E-state index in [9.17, 15) is 18.0 Å². The number of nitrogens with one attached hydrogen (secondary N) is 1. The van der Waals surface area contributed by atoms with Crippen molar-refractivity contribution in [2.75, 3.05) is 27.0 Å². The summed E-state index contributed by atoms with van der Waals surface area (Å²) in [6.45, 7) is 0.0537. The molecule has 3 aromatic carbocycles. The molecule has 0 aliphatic carbocycles. The Morgan fingerprint density at radius 1 is 0.865 bits per heavy atom. The third-order valence-electron chi connectivity index (χ3n) is 6.02. The first-order valence-electron chi connectivity index (χ1n) is 11.9. The molecule has 0 radical (unpaired) electrons. The van der Waals surface area contributed by atoms with Gasteiger partial charge in [0.05, 0.1) is 19.9 Å². The van der Waals surface area contributed by atoms with Gasteiger partial charge in [0.15, 0.2) is 0 Å². The van der Waals surface area contributed by atoms with Crippen LogP contribution in [0, 0.1) is 0 Å². The van der Waals surface area contributed by atoms with Crippen molar-refractivity contribution in [1.29, 1.82) is 0 Å². The third-order valence-corrected chi connectivity index (χ3v) is 7.28. The van der Waals surface area contributed by atoms with Crippen LogP contribution in [0.4, 0.5) is 0 Å². The van der Waals surface area contributed by atoms with E-state index in [0.29, 0.717) is 5.75 Å². The van der Waals surface area contributed by atoms with Gasteiger partial charge in [0, 0.05) is 26.6 Å². The van der Waals surface area contributed by atoms with Crippen LogP contribution in [0.25, 0.3) is 0 Å². The van der Waals surface area contributed by atoms with Gasteiger partial charge in [-0.15, -0.1) is 0 Å². The molecule has 8 nitrogen and oxygen atoms in total. The Balaban J connectivity index is 1.91. The fraction of sp³-hybridized carbons (Fsp3) is 0.286. The molecule has 0 aliphatic rings. The predicted octanol–water partition coefficient (Wildman–Crippen LogP) is 2.84. The molecular formula is C28H33N3O5S. The number of rotatable bonds is 12. The second-order valence-corrected chi connectivity index (χ2v) is 10.9. The molecular weight excluding hydrogens is 490 g/mol. The number of methoxy groups -OCH3 is 1. The van der Waals surface area contributed by atoms with Crippen LogP contribution >= 0.6 is 0 Å². The van der Waals surface area contributed by atoms with Crippen LogP contribution in [-0.4, -0.2) is 62.4 Å². The van der Waals surface area contributed by atoms with Crippen LogP contribution < -0.4 is 10.1 Å². The summed E-state index contributed by atoms with van der Waals surface area (Å²) in [7, 11) is -0.647. The summed E-state index contributed by atoms with van der Waals surface area (Å²) < 4.78 is 30.2. The molecule has 9 heteroatoms. The first-order chi connectivity index (χ1) is 17.7. The number of amides is 2. The predicted molar refractivity (Wildman–Crippen MR) is 143 cm³/mol. The number of sulfonamides is 1. The maximum atomic E-state index is 13.6. The quantitative estimate of drug-likeness (QED) is 0.394. The highest BCUT2D eigenvalue weighted by atomic mass is 32.2. The van der Waals surface area contributed by atoms with Gasteiger partial charge in [-0.1, -0.05) is 72.8 Å². The zero-order chi connectivity index (χ0) is 26.8. The molecule has 0 fully saturated rings. The molecule has 0 heterocycles. The van der Waals surface area contributed by atoms with Crippen molar-refractivity contribution in [2.24, 2.45) is 0 Å². The van der Waals surface area contributed by atoms with Gasteiger partial charge in [-0.25, -0.2) is 8.42 Å². The Labute approximate surface area is 218 Å². The molecule has 1 unspecified atom stereocenters. The number of benzene rings is 3. The number of likely N-dealkylation sites (N-methyl/N-ethyl adjacent to an activating group) is 1. The summed E-state index contributed by atoms with van der Waals surface area (Å²) in [6, 6.07) is 25.3. The number of hydrogen-bond donors (Lipinski definition) is 1. The average Bonchev–Trinajstić information content (AvgIpc) is 2.90. The van der Waals surface area contributed by atoms with Gasteiger partial charge in [-0.2, -0.15) is 4.31 Å². The van der Waals surface area contributed by atoms with E-state index in [2.05, 4.69) is 5.32 Å². The lowest BCUT2D eigenvalue weighted by atomic mass is 10.0. The smallest absolute Gasteiger partial charge is 0.243 e. The van der Waals surface area contributed by atoms with Gasteiger partial charge >= 0.3 is 0 Å². The highest BCUT2D eigenvalue weighted by Gasteiger charge is 2.31. The van der Waals surface area contributed by atoms with Crippen LogP contribution in [-0.2, 0) is 39.1 Å². The van der Waals surface area contributed by atoms with E-state index >= 15 is 0 Å². The van der Waals surface area contributed by atoms with Gasteiger partial charge in [-0.3, -0.25) is 9.59 Å². The first-order valence-corrected chi connectivity index (χ1v) is 13.7. The van der Waals surface area contributed by atoms with Crippen LogP contribution in [0.2, 0.25) is 0 Å². The minimum Gasteiger partial charge on any atom is -0.497 e. The fourth-order valence-corrected chi connectivity index (χ4v) is 4.13. The molecule has 0 bridgehead atoms. The van der Waals surface area contributed by atoms with Gasteiger partial charge in [0.25, 0.3) is 0 Å². The molecule has 0 saturated heterocycles. The van der Waals surface area contributed by atoms with E-state index in [1.807, 2.05) is 84.9 Å². The molecule has 0 aliphatic heterocycles. The standard InChI is InChI=1S/C28H33N3O5S/c1-30(37(3,34)35)21-27(32)31(20-24-12-8-5-9-13-24)26(18-22-10-6-4-7-11-22)28(33)29-19-23-14-16-25(36-2)17-15-23/h4-17,26H,18-21H2,1-3H3,(H,29,33). The van der Waals surface area contributed by atoms with Crippen LogP contribution in [0.1, 0.15) is 16.7 Å². The highest BCUT2D eigenvalue weighted by Crippen LogP contribution is 2.16. The van der Waals surface area contributed by atoms with Crippen molar-refractivity contribution in [1.82, 2.24) is 14.5 Å². The molecule has 0 aromatic heterocycles. The lowest BCUT2D eigenvalue weighted by Gasteiger charge is -2.32. The molecule has 2 amide bonds. The van der Waals surface area contributed by atoms with E-state index in [1.54, 1.807) is 7.11 Å². The summed E-state index contributed by atoms with van der Waals surface area (Å²) in [5.41, 5.74) is 2.60. The Morgan fingerprint density at radius 2 is 1.43 bits per heavy atom. The summed E-state index contributed by atoms with van der Waals surface area (Å²) >= 11 is 0. The average molecular weight is 524 g/mol. The molecule has 1 N–H and O–H groups in total. The molecule has 3 aromatic rings. The maximum absolute atomic E-state index is 13.6. The first kappa shape index (κ1) is 27.9. The highest BCUT2D eigenvalue weighted by molar-refractivity contribution is 7.88.